The van der Waals surface area contributed by atoms with Crippen molar-refractivity contribution in [3.63, 3.8) is 0 Å². The zero-order chi connectivity index (χ0) is 11.6. The Hall–Kier alpha value is -0.500. The van der Waals surface area contributed by atoms with Gasteiger partial charge in [-0.1, -0.05) is 6.08 Å². The lowest BCUT2D eigenvalue weighted by Crippen LogP contribution is -2.64. The summed E-state index contributed by atoms with van der Waals surface area (Å²) in [5, 5.41) is 47.0. The minimum atomic E-state index is -2.02. The molecule has 6 nitrogen and oxygen atoms in total. The maximum absolute atomic E-state index is 9.80. The first kappa shape index (κ1) is 12.6. The number of aliphatic hydroxyl groups excluding tert-OH is 4. The highest BCUT2D eigenvalue weighted by atomic mass is 16.7. The van der Waals surface area contributed by atoms with Crippen molar-refractivity contribution in [1.82, 2.24) is 0 Å². The van der Waals surface area contributed by atoms with E-state index in [9.17, 15) is 20.4 Å². The van der Waals surface area contributed by atoms with Crippen LogP contribution in [-0.4, -0.2) is 62.3 Å². The smallest absolute Gasteiger partial charge is 0.198 e. The van der Waals surface area contributed by atoms with Crippen LogP contribution in [0.4, 0.5) is 0 Å². The van der Waals surface area contributed by atoms with Crippen molar-refractivity contribution in [3.8, 4) is 0 Å². The SMILES string of the molecule is C=CC[C@]1(O)O[C@H](CO)[C@@H](O)[C@H](O)[C@@H]1O. The Morgan fingerprint density at radius 1 is 1.27 bits per heavy atom. The molecule has 0 aromatic heterocycles. The Bertz CT molecular complexity index is 231. The van der Waals surface area contributed by atoms with Crippen LogP contribution in [0.2, 0.25) is 0 Å². The molecule has 0 amide bonds. The van der Waals surface area contributed by atoms with Gasteiger partial charge in [-0.2, -0.15) is 0 Å². The van der Waals surface area contributed by atoms with Gasteiger partial charge >= 0.3 is 0 Å². The number of hydrogen-bond donors (Lipinski definition) is 5. The van der Waals surface area contributed by atoms with Gasteiger partial charge in [-0.05, 0) is 0 Å². The zero-order valence-electron chi connectivity index (χ0n) is 8.15. The molecule has 1 aliphatic rings. The van der Waals surface area contributed by atoms with E-state index in [-0.39, 0.29) is 6.42 Å². The summed E-state index contributed by atoms with van der Waals surface area (Å²) in [7, 11) is 0. The molecule has 0 radical (unpaired) electrons. The fraction of sp³-hybridized carbons (Fsp3) is 0.778. The monoisotopic (exact) mass is 220 g/mol. The third-order valence-corrected chi connectivity index (χ3v) is 2.49. The van der Waals surface area contributed by atoms with Crippen LogP contribution in [0.3, 0.4) is 0 Å². The number of aliphatic hydroxyl groups is 5. The molecule has 15 heavy (non-hydrogen) atoms. The third kappa shape index (κ3) is 2.20. The number of ether oxygens (including phenoxy) is 1. The molecule has 0 saturated carbocycles. The van der Waals surface area contributed by atoms with Crippen LogP contribution in [0.25, 0.3) is 0 Å². The summed E-state index contributed by atoms with van der Waals surface area (Å²) in [5.41, 5.74) is 0. The predicted octanol–water partition coefficient (Wildman–Crippen LogP) is -2.28. The lowest BCUT2D eigenvalue weighted by molar-refractivity contribution is -0.347. The largest absolute Gasteiger partial charge is 0.394 e. The van der Waals surface area contributed by atoms with Crippen molar-refractivity contribution >= 4 is 0 Å². The Morgan fingerprint density at radius 3 is 2.33 bits per heavy atom. The van der Waals surface area contributed by atoms with Crippen LogP contribution >= 0.6 is 0 Å². The Kier molecular flexibility index (Phi) is 3.82. The second kappa shape index (κ2) is 4.56. The fourth-order valence-corrected chi connectivity index (χ4v) is 1.60. The van der Waals surface area contributed by atoms with Gasteiger partial charge in [-0.3, -0.25) is 0 Å². The minimum absolute atomic E-state index is 0.117. The van der Waals surface area contributed by atoms with Crippen molar-refractivity contribution in [1.29, 1.82) is 0 Å². The first-order chi connectivity index (χ1) is 6.96. The highest BCUT2D eigenvalue weighted by Crippen LogP contribution is 2.30. The Balaban J connectivity index is 2.86. The lowest BCUT2D eigenvalue weighted by atomic mass is 9.91. The van der Waals surface area contributed by atoms with Gasteiger partial charge in [0.05, 0.1) is 6.61 Å². The molecule has 0 unspecified atom stereocenters. The van der Waals surface area contributed by atoms with E-state index in [2.05, 4.69) is 6.58 Å². The molecule has 1 rings (SSSR count). The van der Waals surface area contributed by atoms with Crippen LogP contribution in [-0.2, 0) is 4.74 Å². The van der Waals surface area contributed by atoms with Gasteiger partial charge in [0.1, 0.15) is 24.4 Å². The van der Waals surface area contributed by atoms with E-state index in [4.69, 9.17) is 9.84 Å². The van der Waals surface area contributed by atoms with Crippen LogP contribution in [0, 0.1) is 0 Å². The van der Waals surface area contributed by atoms with Gasteiger partial charge in [0, 0.05) is 6.42 Å². The fourth-order valence-electron chi connectivity index (χ4n) is 1.60. The molecule has 1 heterocycles. The molecule has 0 aliphatic carbocycles. The molecular weight excluding hydrogens is 204 g/mol. The highest BCUT2D eigenvalue weighted by molar-refractivity contribution is 4.98. The molecule has 0 bridgehead atoms. The topological polar surface area (TPSA) is 110 Å². The minimum Gasteiger partial charge on any atom is -0.394 e. The molecular formula is C9H16O6. The molecule has 6 heteroatoms. The van der Waals surface area contributed by atoms with Crippen LogP contribution in [0.15, 0.2) is 12.7 Å². The quantitative estimate of drug-likeness (QED) is 0.343. The van der Waals surface area contributed by atoms with Gasteiger partial charge in [-0.15, -0.1) is 6.58 Å². The summed E-state index contributed by atoms with van der Waals surface area (Å²) in [4.78, 5) is 0. The van der Waals surface area contributed by atoms with Crippen LogP contribution in [0.1, 0.15) is 6.42 Å². The summed E-state index contributed by atoms with van der Waals surface area (Å²) < 4.78 is 4.93. The van der Waals surface area contributed by atoms with E-state index < -0.39 is 36.8 Å². The van der Waals surface area contributed by atoms with Gasteiger partial charge in [-0.25, -0.2) is 0 Å². The Labute approximate surface area is 87.0 Å². The zero-order valence-corrected chi connectivity index (χ0v) is 8.15. The average Bonchev–Trinajstić information content (AvgIpc) is 2.21. The molecule has 1 aliphatic heterocycles. The average molecular weight is 220 g/mol. The second-order valence-electron chi connectivity index (χ2n) is 3.60. The summed E-state index contributed by atoms with van der Waals surface area (Å²) in [5.74, 6) is -2.02. The Morgan fingerprint density at radius 2 is 1.87 bits per heavy atom. The maximum atomic E-state index is 9.80. The van der Waals surface area contributed by atoms with E-state index in [0.717, 1.165) is 0 Å². The van der Waals surface area contributed by atoms with Gasteiger partial charge in [0.2, 0.25) is 0 Å². The van der Waals surface area contributed by atoms with Gasteiger partial charge < -0.3 is 30.3 Å². The molecule has 0 aromatic rings. The summed E-state index contributed by atoms with van der Waals surface area (Å²) in [6, 6.07) is 0. The van der Waals surface area contributed by atoms with E-state index in [0.29, 0.717) is 0 Å². The number of hydrogen-bond acceptors (Lipinski definition) is 6. The van der Waals surface area contributed by atoms with Crippen molar-refractivity contribution in [2.24, 2.45) is 0 Å². The standard InChI is InChI=1S/C9H16O6/c1-2-3-9(14)8(13)7(12)6(11)5(4-10)15-9/h2,5-8,10-14H,1,3-4H2/t5-,6-,7+,8+,9+/m1/s1. The van der Waals surface area contributed by atoms with Crippen LogP contribution in [0.5, 0.6) is 0 Å². The first-order valence-corrected chi connectivity index (χ1v) is 4.62. The van der Waals surface area contributed by atoms with E-state index >= 15 is 0 Å². The normalized spacial score (nSPS) is 46.5. The summed E-state index contributed by atoms with van der Waals surface area (Å²) in [6.45, 7) is 2.81. The van der Waals surface area contributed by atoms with Gasteiger partial charge in [0.15, 0.2) is 5.79 Å². The maximum Gasteiger partial charge on any atom is 0.198 e. The van der Waals surface area contributed by atoms with Crippen molar-refractivity contribution in [2.45, 2.75) is 36.6 Å². The molecule has 0 spiro atoms. The van der Waals surface area contributed by atoms with Crippen molar-refractivity contribution < 1.29 is 30.3 Å². The van der Waals surface area contributed by atoms with Crippen molar-refractivity contribution in [3.05, 3.63) is 12.7 Å². The molecule has 1 saturated heterocycles. The van der Waals surface area contributed by atoms with Crippen molar-refractivity contribution in [2.75, 3.05) is 6.61 Å². The van der Waals surface area contributed by atoms with E-state index in [1.54, 1.807) is 0 Å². The summed E-state index contributed by atoms with van der Waals surface area (Å²) >= 11 is 0. The van der Waals surface area contributed by atoms with E-state index in [1.807, 2.05) is 0 Å². The predicted molar refractivity (Wildman–Crippen MR) is 49.7 cm³/mol. The molecule has 1 fully saturated rings. The van der Waals surface area contributed by atoms with Crippen LogP contribution < -0.4 is 0 Å². The second-order valence-corrected chi connectivity index (χ2v) is 3.60. The first-order valence-electron chi connectivity index (χ1n) is 4.62. The third-order valence-electron chi connectivity index (χ3n) is 2.49. The van der Waals surface area contributed by atoms with Gasteiger partial charge in [0.25, 0.3) is 0 Å². The molecule has 0 aromatic carbocycles. The molecule has 5 N–H and O–H groups in total. The highest BCUT2D eigenvalue weighted by Gasteiger charge is 2.51. The molecule has 88 valence electrons. The lowest BCUT2D eigenvalue weighted by Gasteiger charge is -2.45. The molecule has 5 atom stereocenters. The number of rotatable bonds is 3. The summed E-state index contributed by atoms with van der Waals surface area (Å²) in [6.07, 6.45) is -4.59. The van der Waals surface area contributed by atoms with E-state index in [1.165, 1.54) is 6.08 Å².